The molecule has 0 aliphatic heterocycles. The highest BCUT2D eigenvalue weighted by Gasteiger charge is 2.15. The highest BCUT2D eigenvalue weighted by atomic mass is 32.1. The number of hydrogen-bond acceptors (Lipinski definition) is 4. The molecular formula is C11H17N3S. The third-order valence-electron chi connectivity index (χ3n) is 2.24. The van der Waals surface area contributed by atoms with Gasteiger partial charge < -0.3 is 5.32 Å². The molecule has 0 aliphatic rings. The summed E-state index contributed by atoms with van der Waals surface area (Å²) < 4.78 is 0. The van der Waals surface area contributed by atoms with Crippen molar-refractivity contribution in [3.63, 3.8) is 0 Å². The van der Waals surface area contributed by atoms with Crippen molar-refractivity contribution in [1.82, 2.24) is 10.3 Å². The molecular weight excluding hydrogens is 206 g/mol. The molecule has 0 spiro atoms. The quantitative estimate of drug-likeness (QED) is 0.754. The monoisotopic (exact) mass is 223 g/mol. The summed E-state index contributed by atoms with van der Waals surface area (Å²) in [5.41, 5.74) is 1.65. The van der Waals surface area contributed by atoms with E-state index < -0.39 is 0 Å². The Bertz CT molecular complexity index is 311. The molecule has 1 heterocycles. The van der Waals surface area contributed by atoms with Crippen LogP contribution in [-0.4, -0.2) is 11.5 Å². The molecule has 15 heavy (non-hydrogen) atoms. The van der Waals surface area contributed by atoms with Gasteiger partial charge in [0, 0.05) is 17.6 Å². The molecule has 82 valence electrons. The first-order chi connectivity index (χ1) is 7.14. The first-order valence-corrected chi connectivity index (χ1v) is 6.01. The van der Waals surface area contributed by atoms with Crippen LogP contribution in [0.2, 0.25) is 0 Å². The second-order valence-corrected chi connectivity index (χ2v) is 5.21. The number of nitriles is 1. The maximum absolute atomic E-state index is 8.82. The average Bonchev–Trinajstić information content (AvgIpc) is 2.70. The number of rotatable bonds is 6. The van der Waals surface area contributed by atoms with Crippen molar-refractivity contribution in [1.29, 1.82) is 5.26 Å². The number of aromatic nitrogens is 1. The normalized spacial score (nSPS) is 11.3. The van der Waals surface area contributed by atoms with E-state index in [1.54, 1.807) is 11.3 Å². The van der Waals surface area contributed by atoms with Gasteiger partial charge in [-0.2, -0.15) is 5.26 Å². The lowest BCUT2D eigenvalue weighted by Crippen LogP contribution is -2.17. The Morgan fingerprint density at radius 1 is 1.60 bits per heavy atom. The van der Waals surface area contributed by atoms with E-state index in [0.717, 1.165) is 25.9 Å². The molecule has 0 aliphatic carbocycles. The van der Waals surface area contributed by atoms with Crippen LogP contribution < -0.4 is 5.32 Å². The average molecular weight is 223 g/mol. The summed E-state index contributed by atoms with van der Waals surface area (Å²) in [5, 5.41) is 12.2. The fourth-order valence-electron chi connectivity index (χ4n) is 1.25. The van der Waals surface area contributed by atoms with E-state index in [1.807, 2.05) is 25.6 Å². The predicted molar refractivity (Wildman–Crippen MR) is 62.4 cm³/mol. The van der Waals surface area contributed by atoms with Gasteiger partial charge in [-0.25, -0.2) is 0 Å². The van der Waals surface area contributed by atoms with Gasteiger partial charge in [0.25, 0.3) is 0 Å². The van der Waals surface area contributed by atoms with Crippen molar-refractivity contribution in [2.75, 3.05) is 6.54 Å². The van der Waals surface area contributed by atoms with E-state index in [9.17, 15) is 0 Å². The zero-order valence-electron chi connectivity index (χ0n) is 9.29. The van der Waals surface area contributed by atoms with E-state index in [2.05, 4.69) is 16.4 Å². The molecule has 0 fully saturated rings. The molecule has 0 amide bonds. The molecule has 0 saturated heterocycles. The van der Waals surface area contributed by atoms with Crippen LogP contribution in [0, 0.1) is 16.7 Å². The van der Waals surface area contributed by atoms with Crippen molar-refractivity contribution >= 4 is 11.3 Å². The largest absolute Gasteiger partial charge is 0.312 e. The van der Waals surface area contributed by atoms with Crippen LogP contribution >= 0.6 is 11.3 Å². The van der Waals surface area contributed by atoms with E-state index >= 15 is 0 Å². The van der Waals surface area contributed by atoms with Gasteiger partial charge in [0.05, 0.1) is 17.0 Å². The van der Waals surface area contributed by atoms with Crippen LogP contribution in [0.4, 0.5) is 0 Å². The van der Waals surface area contributed by atoms with Crippen molar-refractivity contribution in [2.24, 2.45) is 5.41 Å². The van der Waals surface area contributed by atoms with Crippen LogP contribution in [-0.2, 0) is 6.54 Å². The number of thiazole rings is 1. The summed E-state index contributed by atoms with van der Waals surface area (Å²) in [5.74, 6) is 0. The lowest BCUT2D eigenvalue weighted by Gasteiger charge is -2.14. The highest BCUT2D eigenvalue weighted by molar-refractivity contribution is 7.09. The van der Waals surface area contributed by atoms with Gasteiger partial charge in [-0.3, -0.25) is 4.98 Å². The third-order valence-corrected chi connectivity index (χ3v) is 3.02. The summed E-state index contributed by atoms with van der Waals surface area (Å²) in [6, 6.07) is 2.31. The molecule has 1 aromatic rings. The highest BCUT2D eigenvalue weighted by Crippen LogP contribution is 2.19. The lowest BCUT2D eigenvalue weighted by atomic mass is 9.90. The van der Waals surface area contributed by atoms with E-state index in [-0.39, 0.29) is 5.41 Å². The minimum atomic E-state index is -0.188. The van der Waals surface area contributed by atoms with Crippen molar-refractivity contribution in [3.8, 4) is 6.07 Å². The van der Waals surface area contributed by atoms with E-state index in [1.165, 1.54) is 4.88 Å². The van der Waals surface area contributed by atoms with Crippen LogP contribution in [0.3, 0.4) is 0 Å². The summed E-state index contributed by atoms with van der Waals surface area (Å²) in [7, 11) is 0. The third kappa shape index (κ3) is 4.91. The van der Waals surface area contributed by atoms with Crippen LogP contribution in [0.25, 0.3) is 0 Å². The summed E-state index contributed by atoms with van der Waals surface area (Å²) >= 11 is 1.67. The Hall–Kier alpha value is -0.920. The Balaban J connectivity index is 2.06. The molecule has 0 aromatic carbocycles. The molecule has 3 nitrogen and oxygen atoms in total. The fraction of sp³-hybridized carbons (Fsp3) is 0.636. The molecule has 0 atom stereocenters. The molecule has 4 heteroatoms. The lowest BCUT2D eigenvalue weighted by molar-refractivity contribution is 0.426. The minimum Gasteiger partial charge on any atom is -0.312 e. The molecule has 0 saturated carbocycles. The second kappa shape index (κ2) is 5.84. The standard InChI is InChI=1S/C11H17N3S/c1-11(2,8-12)4-3-5-13-6-10-7-14-9-15-10/h7,9,13H,3-6H2,1-2H3. The smallest absolute Gasteiger partial charge is 0.0794 e. The Morgan fingerprint density at radius 3 is 3.00 bits per heavy atom. The second-order valence-electron chi connectivity index (χ2n) is 4.24. The van der Waals surface area contributed by atoms with Gasteiger partial charge in [0.1, 0.15) is 0 Å². The van der Waals surface area contributed by atoms with Gasteiger partial charge in [0.2, 0.25) is 0 Å². The van der Waals surface area contributed by atoms with Gasteiger partial charge >= 0.3 is 0 Å². The van der Waals surface area contributed by atoms with Gasteiger partial charge in [-0.05, 0) is 33.2 Å². The first kappa shape index (κ1) is 12.2. The Morgan fingerprint density at radius 2 is 2.40 bits per heavy atom. The maximum Gasteiger partial charge on any atom is 0.0794 e. The summed E-state index contributed by atoms with van der Waals surface area (Å²) in [4.78, 5) is 5.27. The summed E-state index contributed by atoms with van der Waals surface area (Å²) in [6.45, 7) is 5.81. The molecule has 0 bridgehead atoms. The molecule has 0 radical (unpaired) electrons. The Labute approximate surface area is 95.2 Å². The molecule has 1 aromatic heterocycles. The van der Waals surface area contributed by atoms with Crippen molar-refractivity contribution in [2.45, 2.75) is 33.2 Å². The first-order valence-electron chi connectivity index (χ1n) is 5.13. The number of nitrogens with one attached hydrogen (secondary N) is 1. The summed E-state index contributed by atoms with van der Waals surface area (Å²) in [6.07, 6.45) is 3.87. The molecule has 1 rings (SSSR count). The SMILES string of the molecule is CC(C)(C#N)CCCNCc1cncs1. The zero-order valence-corrected chi connectivity index (χ0v) is 10.1. The number of hydrogen-bond donors (Lipinski definition) is 1. The van der Waals surface area contributed by atoms with Crippen molar-refractivity contribution < 1.29 is 0 Å². The van der Waals surface area contributed by atoms with Gasteiger partial charge in [-0.1, -0.05) is 0 Å². The van der Waals surface area contributed by atoms with Crippen LogP contribution in [0.1, 0.15) is 31.6 Å². The van der Waals surface area contributed by atoms with Crippen LogP contribution in [0.5, 0.6) is 0 Å². The Kier molecular flexibility index (Phi) is 4.73. The van der Waals surface area contributed by atoms with Gasteiger partial charge in [0.15, 0.2) is 0 Å². The fourth-order valence-corrected chi connectivity index (χ4v) is 1.82. The molecule has 1 N–H and O–H groups in total. The predicted octanol–water partition coefficient (Wildman–Crippen LogP) is 2.56. The van der Waals surface area contributed by atoms with Gasteiger partial charge in [-0.15, -0.1) is 11.3 Å². The van der Waals surface area contributed by atoms with E-state index in [0.29, 0.717) is 0 Å². The van der Waals surface area contributed by atoms with Crippen molar-refractivity contribution in [3.05, 3.63) is 16.6 Å². The maximum atomic E-state index is 8.82. The van der Waals surface area contributed by atoms with Crippen LogP contribution in [0.15, 0.2) is 11.7 Å². The minimum absolute atomic E-state index is 0.188. The topological polar surface area (TPSA) is 48.7 Å². The van der Waals surface area contributed by atoms with E-state index in [4.69, 9.17) is 5.26 Å². The molecule has 0 unspecified atom stereocenters. The zero-order chi connectivity index (χ0) is 11.1. The number of nitrogens with zero attached hydrogens (tertiary/aromatic N) is 2.